The lowest BCUT2D eigenvalue weighted by atomic mass is 9.98. The van der Waals surface area contributed by atoms with Crippen molar-refractivity contribution in [2.45, 2.75) is 153 Å². The molecule has 2 rings (SSSR count). The first-order valence-electron chi connectivity index (χ1n) is 25.8. The highest BCUT2D eigenvalue weighted by atomic mass is 16.4. The van der Waals surface area contributed by atoms with Crippen molar-refractivity contribution >= 4 is 59.2 Å². The highest BCUT2D eigenvalue weighted by Gasteiger charge is 2.39. The third-order valence-corrected chi connectivity index (χ3v) is 12.6. The van der Waals surface area contributed by atoms with Gasteiger partial charge in [-0.15, -0.1) is 0 Å². The minimum Gasteiger partial charge on any atom is -0.477 e. The Bertz CT molecular complexity index is 2160. The molecular weight excluding hydrogens is 989 g/mol. The van der Waals surface area contributed by atoms with Gasteiger partial charge in [-0.05, 0) is 129 Å². The molecule has 0 bridgehead atoms. The summed E-state index contributed by atoms with van der Waals surface area (Å²) >= 11 is 0. The molecule has 1 aliphatic heterocycles. The van der Waals surface area contributed by atoms with Crippen LogP contribution in [0.4, 0.5) is 0 Å². The predicted molar refractivity (Wildman–Crippen MR) is 283 cm³/mol. The first-order chi connectivity index (χ1) is 36.1. The Kier molecular flexibility index (Phi) is 29.8. The number of aryl methyl sites for hydroxylation is 3. The minimum atomic E-state index is -1.56. The van der Waals surface area contributed by atoms with Gasteiger partial charge in [-0.2, -0.15) is 0 Å². The van der Waals surface area contributed by atoms with Crippen LogP contribution < -0.4 is 76.9 Å². The van der Waals surface area contributed by atoms with Crippen molar-refractivity contribution in [3.05, 3.63) is 46.7 Å². The molecule has 27 heteroatoms. The summed E-state index contributed by atoms with van der Waals surface area (Å²) in [5.41, 5.74) is 36.2. The summed E-state index contributed by atoms with van der Waals surface area (Å²) in [6.07, 6.45) is 3.47. The summed E-state index contributed by atoms with van der Waals surface area (Å²) in [7, 11) is 0. The fourth-order valence-corrected chi connectivity index (χ4v) is 8.22. The lowest BCUT2D eigenvalue weighted by Crippen LogP contribution is -2.60. The Morgan fingerprint density at radius 1 is 0.763 bits per heavy atom. The molecule has 8 amide bonds. The fraction of sp³-hybridized carbons (Fsp3) is 0.633. The normalized spacial score (nSPS) is 16.1. The van der Waals surface area contributed by atoms with E-state index in [4.69, 9.17) is 39.8 Å². The van der Waals surface area contributed by atoms with E-state index >= 15 is 0 Å². The summed E-state index contributed by atoms with van der Waals surface area (Å²) in [6, 6.07) is -2.86. The summed E-state index contributed by atoms with van der Waals surface area (Å²) in [6.45, 7) is 5.15. The van der Waals surface area contributed by atoms with Crippen LogP contribution in [0.3, 0.4) is 0 Å². The molecule has 0 saturated carbocycles. The zero-order valence-electron chi connectivity index (χ0n) is 44.1. The smallest absolute Gasteiger partial charge is 0.352 e. The standard InChI is InChI=1S/C49H84N16O11/c1-28-16-17-31(29(2)25-28)18-19-34(44(71)61-33(12-5-7-21-51)43(70)63-36(48(75)76)14-9-23-57-49(55)56)62-45(72)37-15-10-24-65(37)47(74)35(13-8-22-52)60-39(67)27-58-41(68)30(3)59-46(73)40(38(66)26-53)64-42(69)32(54)11-4-6-20-50/h14,16-17,25,30,32-35,37-38,40,66H,4-13,15,18-24,26-27,50-54H2,1-3H3,(H,58,68)(H,59,73)(H,60,67)(H,61,71)(H,62,72)(H,63,70)(H,64,69)(H,75,76)(H4,55,56,57)/b36-14-/t30-,32-,33-,34-,35+,37-,38-,40-/m0/s1. The Morgan fingerprint density at radius 2 is 1.41 bits per heavy atom. The summed E-state index contributed by atoms with van der Waals surface area (Å²) < 4.78 is 0. The molecule has 0 aromatic heterocycles. The average molecular weight is 1070 g/mol. The van der Waals surface area contributed by atoms with Crippen molar-refractivity contribution < 1.29 is 53.4 Å². The number of benzene rings is 1. The number of carboxylic acids is 1. The van der Waals surface area contributed by atoms with Gasteiger partial charge in [0.1, 0.15) is 41.9 Å². The number of likely N-dealkylation sites (tertiary alicyclic amines) is 1. The number of amides is 8. The van der Waals surface area contributed by atoms with E-state index in [1.807, 2.05) is 32.0 Å². The number of nitrogens with two attached hydrogens (primary N) is 6. The Morgan fingerprint density at radius 3 is 2.03 bits per heavy atom. The largest absolute Gasteiger partial charge is 0.477 e. The second kappa shape index (κ2) is 34.7. The van der Waals surface area contributed by atoms with E-state index < -0.39 is 120 Å². The number of aliphatic carboxylic acids is 1. The summed E-state index contributed by atoms with van der Waals surface area (Å²) in [4.78, 5) is 122. The SMILES string of the molecule is Cc1ccc(CC[C@H](NC(=O)[C@@H]2CCCN2C(=O)[C@@H](CCCN)NC(=O)CNC(=O)[C@H](C)NC(=O)[C@@H](NC(=O)[C@@H](N)CCCCN)[C@@H](O)CN)C(=O)N[C@@H](CCCCN)C(=O)N/C(=C\CCNC(=N)N)C(=O)O)c(C)c1. The number of rotatable bonds is 35. The van der Waals surface area contributed by atoms with E-state index in [2.05, 4.69) is 42.5 Å². The van der Waals surface area contributed by atoms with E-state index in [0.29, 0.717) is 45.1 Å². The van der Waals surface area contributed by atoms with Crippen molar-refractivity contribution in [2.24, 2.45) is 34.4 Å². The molecule has 1 aromatic carbocycles. The molecule has 1 fully saturated rings. The second-order valence-corrected chi connectivity index (χ2v) is 18.8. The van der Waals surface area contributed by atoms with Gasteiger partial charge in [0.05, 0.1) is 18.7 Å². The van der Waals surface area contributed by atoms with Crippen LogP contribution in [0.25, 0.3) is 0 Å². The van der Waals surface area contributed by atoms with Gasteiger partial charge in [-0.25, -0.2) is 4.79 Å². The molecule has 1 aromatic rings. The number of carbonyl (C=O) groups is 9. The number of carboxylic acid groups (broad SMARTS) is 1. The van der Waals surface area contributed by atoms with E-state index in [1.165, 1.54) is 17.9 Å². The van der Waals surface area contributed by atoms with Crippen molar-refractivity contribution in [1.29, 1.82) is 5.41 Å². The number of guanidine groups is 1. The first kappa shape index (κ1) is 65.3. The van der Waals surface area contributed by atoms with Gasteiger partial charge in [-0.3, -0.25) is 43.8 Å². The molecule has 1 aliphatic rings. The average Bonchev–Trinajstić information content (AvgIpc) is 3.88. The Balaban J connectivity index is 2.28. The molecule has 426 valence electrons. The van der Waals surface area contributed by atoms with Gasteiger partial charge in [0.2, 0.25) is 47.3 Å². The van der Waals surface area contributed by atoms with Crippen LogP contribution in [0.5, 0.6) is 0 Å². The fourth-order valence-electron chi connectivity index (χ4n) is 8.22. The Labute approximate surface area is 443 Å². The number of hydrogen-bond acceptors (Lipinski definition) is 16. The predicted octanol–water partition coefficient (Wildman–Crippen LogP) is -4.61. The molecule has 0 radical (unpaired) electrons. The maximum Gasteiger partial charge on any atom is 0.352 e. The number of aliphatic hydroxyl groups excluding tert-OH is 1. The van der Waals surface area contributed by atoms with Crippen LogP contribution in [0.15, 0.2) is 30.0 Å². The zero-order chi connectivity index (χ0) is 56.9. The third-order valence-electron chi connectivity index (χ3n) is 12.6. The summed E-state index contributed by atoms with van der Waals surface area (Å²) in [5, 5.41) is 47.7. The number of nitrogens with zero attached hydrogens (tertiary/aromatic N) is 1. The van der Waals surface area contributed by atoms with E-state index in [1.54, 1.807) is 0 Å². The van der Waals surface area contributed by atoms with Gasteiger partial charge >= 0.3 is 5.97 Å². The lowest BCUT2D eigenvalue weighted by Gasteiger charge is -2.30. The number of aliphatic hydroxyl groups is 1. The van der Waals surface area contributed by atoms with Gasteiger partial charge < -0.3 is 92.0 Å². The molecule has 1 saturated heterocycles. The number of nitrogens with one attached hydrogen (secondary N) is 9. The molecule has 8 atom stereocenters. The summed E-state index contributed by atoms with van der Waals surface area (Å²) in [5.74, 6) is -7.93. The quantitative estimate of drug-likeness (QED) is 0.0132. The second-order valence-electron chi connectivity index (χ2n) is 18.8. The van der Waals surface area contributed by atoms with Crippen LogP contribution >= 0.6 is 0 Å². The maximum absolute atomic E-state index is 14.3. The minimum absolute atomic E-state index is 0.0577. The van der Waals surface area contributed by atoms with Crippen LogP contribution in [0, 0.1) is 19.3 Å². The van der Waals surface area contributed by atoms with Crippen molar-refractivity contribution in [3.63, 3.8) is 0 Å². The maximum atomic E-state index is 14.3. The van der Waals surface area contributed by atoms with Crippen molar-refractivity contribution in [1.82, 2.24) is 47.4 Å². The van der Waals surface area contributed by atoms with Gasteiger partial charge in [0.15, 0.2) is 5.96 Å². The zero-order valence-corrected chi connectivity index (χ0v) is 44.1. The number of unbranched alkanes of at least 4 members (excludes halogenated alkanes) is 2. The van der Waals surface area contributed by atoms with Crippen LogP contribution in [-0.2, 0) is 49.6 Å². The Hall–Kier alpha value is -6.78. The van der Waals surface area contributed by atoms with Gasteiger partial charge in [0, 0.05) is 19.6 Å². The third kappa shape index (κ3) is 23.0. The van der Waals surface area contributed by atoms with Gasteiger partial charge in [-0.1, -0.05) is 36.3 Å². The monoisotopic (exact) mass is 1070 g/mol. The van der Waals surface area contributed by atoms with Crippen LogP contribution in [0.1, 0.15) is 101 Å². The highest BCUT2D eigenvalue weighted by Crippen LogP contribution is 2.21. The molecular formula is C49H84N16O11. The van der Waals surface area contributed by atoms with Gasteiger partial charge in [0.25, 0.3) is 0 Å². The van der Waals surface area contributed by atoms with E-state index in [9.17, 15) is 53.4 Å². The molecule has 1 heterocycles. The van der Waals surface area contributed by atoms with E-state index in [-0.39, 0.29) is 77.1 Å². The molecule has 27 nitrogen and oxygen atoms in total. The molecule has 0 aliphatic carbocycles. The number of carbonyl (C=O) groups excluding carboxylic acids is 8. The number of hydrogen-bond donors (Lipinski definition) is 17. The lowest BCUT2D eigenvalue weighted by molar-refractivity contribution is -0.142. The topological polar surface area (TPSA) is 474 Å². The van der Waals surface area contributed by atoms with Crippen LogP contribution in [0.2, 0.25) is 0 Å². The molecule has 23 N–H and O–H groups in total. The molecule has 0 spiro atoms. The molecule has 76 heavy (non-hydrogen) atoms. The van der Waals surface area contributed by atoms with Crippen molar-refractivity contribution in [3.8, 4) is 0 Å². The van der Waals surface area contributed by atoms with E-state index in [0.717, 1.165) is 16.7 Å². The van der Waals surface area contributed by atoms with Crippen LogP contribution in [-0.4, -0.2) is 169 Å². The molecule has 0 unspecified atom stereocenters. The first-order valence-corrected chi connectivity index (χ1v) is 25.8. The van der Waals surface area contributed by atoms with Crippen molar-refractivity contribution in [2.75, 3.05) is 45.8 Å². The highest BCUT2D eigenvalue weighted by molar-refractivity contribution is 5.99.